The molecule has 2 atom stereocenters. The van der Waals surface area contributed by atoms with Crippen molar-refractivity contribution >= 4 is 29.2 Å². The Morgan fingerprint density at radius 1 is 1.29 bits per heavy atom. The van der Waals surface area contributed by atoms with Gasteiger partial charge in [-0.15, -0.1) is 0 Å². The van der Waals surface area contributed by atoms with Crippen molar-refractivity contribution in [2.24, 2.45) is 5.73 Å². The highest BCUT2D eigenvalue weighted by Gasteiger charge is 2.36. The second kappa shape index (κ2) is 6.53. The van der Waals surface area contributed by atoms with Gasteiger partial charge in [0, 0.05) is 17.1 Å². The highest BCUT2D eigenvalue weighted by Crippen LogP contribution is 2.35. The van der Waals surface area contributed by atoms with Crippen molar-refractivity contribution < 1.29 is 9.59 Å². The van der Waals surface area contributed by atoms with Gasteiger partial charge in [-0.2, -0.15) is 0 Å². The smallest absolute Gasteiger partial charge is 0.312 e. The Morgan fingerprint density at radius 2 is 2.04 bits per heavy atom. The summed E-state index contributed by atoms with van der Waals surface area (Å²) in [6, 6.07) is 13.5. The first-order valence-corrected chi connectivity index (χ1v) is 8.07. The SMILES string of the molecule is C[C@@H](c1cccc(Cl)c1)N1C(=O)[C@H](NC(N)=O)Cc2ccccc21. The number of fused-ring (bicyclic) bond motifs is 1. The number of halogens is 1. The number of rotatable bonds is 3. The molecule has 0 aromatic heterocycles. The third-order valence-corrected chi connectivity index (χ3v) is 4.48. The summed E-state index contributed by atoms with van der Waals surface area (Å²) < 4.78 is 0. The lowest BCUT2D eigenvalue weighted by molar-refractivity contribution is -0.121. The lowest BCUT2D eigenvalue weighted by Gasteiger charge is -2.38. The highest BCUT2D eigenvalue weighted by atomic mass is 35.5. The van der Waals surface area contributed by atoms with Crippen LogP contribution in [0.5, 0.6) is 0 Å². The molecule has 24 heavy (non-hydrogen) atoms. The molecule has 124 valence electrons. The molecule has 3 rings (SSSR count). The summed E-state index contributed by atoms with van der Waals surface area (Å²) in [5, 5.41) is 3.16. The van der Waals surface area contributed by atoms with Crippen LogP contribution < -0.4 is 16.0 Å². The first-order valence-electron chi connectivity index (χ1n) is 7.70. The highest BCUT2D eigenvalue weighted by molar-refractivity contribution is 6.30. The standard InChI is InChI=1S/C18H18ClN3O2/c1-11(12-6-4-7-14(19)9-12)22-16-8-3-2-5-13(16)10-15(17(22)23)21-18(20)24/h2-9,11,15H,10H2,1H3,(H3,20,21,24)/t11-,15+/m0/s1. The quantitative estimate of drug-likeness (QED) is 0.898. The predicted octanol–water partition coefficient (Wildman–Crippen LogP) is 3.03. The van der Waals surface area contributed by atoms with Crippen molar-refractivity contribution in [1.82, 2.24) is 5.32 Å². The van der Waals surface area contributed by atoms with Crippen molar-refractivity contribution in [3.8, 4) is 0 Å². The van der Waals surface area contributed by atoms with Crippen molar-refractivity contribution in [3.63, 3.8) is 0 Å². The van der Waals surface area contributed by atoms with Gasteiger partial charge in [0.1, 0.15) is 6.04 Å². The van der Waals surface area contributed by atoms with Gasteiger partial charge in [0.05, 0.1) is 6.04 Å². The number of para-hydroxylation sites is 1. The topological polar surface area (TPSA) is 75.4 Å². The Hall–Kier alpha value is -2.53. The van der Waals surface area contributed by atoms with Crippen LogP contribution in [0.4, 0.5) is 10.5 Å². The molecule has 0 aliphatic carbocycles. The zero-order valence-corrected chi connectivity index (χ0v) is 14.0. The molecule has 0 bridgehead atoms. The predicted molar refractivity (Wildman–Crippen MR) is 94.0 cm³/mol. The first kappa shape index (κ1) is 16.3. The Bertz CT molecular complexity index is 793. The van der Waals surface area contributed by atoms with E-state index in [-0.39, 0.29) is 11.9 Å². The van der Waals surface area contributed by atoms with Gasteiger partial charge in [-0.25, -0.2) is 4.79 Å². The molecular formula is C18H18ClN3O2. The van der Waals surface area contributed by atoms with E-state index in [1.807, 2.05) is 49.4 Å². The lowest BCUT2D eigenvalue weighted by atomic mass is 9.94. The second-order valence-corrected chi connectivity index (χ2v) is 6.27. The fourth-order valence-electron chi connectivity index (χ4n) is 3.11. The fourth-order valence-corrected chi connectivity index (χ4v) is 3.31. The minimum absolute atomic E-state index is 0.181. The number of carbonyl (C=O) groups is 2. The van der Waals surface area contributed by atoms with E-state index in [1.165, 1.54) is 0 Å². The summed E-state index contributed by atoms with van der Waals surface area (Å²) in [4.78, 5) is 25.9. The number of benzene rings is 2. The largest absolute Gasteiger partial charge is 0.352 e. The van der Waals surface area contributed by atoms with E-state index in [9.17, 15) is 9.59 Å². The molecule has 0 fully saturated rings. The van der Waals surface area contributed by atoms with Crippen molar-refractivity contribution in [2.75, 3.05) is 4.90 Å². The number of hydrogen-bond acceptors (Lipinski definition) is 2. The maximum atomic E-state index is 12.9. The van der Waals surface area contributed by atoms with Crippen LogP contribution in [-0.2, 0) is 11.2 Å². The van der Waals surface area contributed by atoms with Gasteiger partial charge >= 0.3 is 6.03 Å². The van der Waals surface area contributed by atoms with Crippen LogP contribution in [0, 0.1) is 0 Å². The molecule has 2 aromatic carbocycles. The third kappa shape index (κ3) is 3.08. The molecule has 0 saturated carbocycles. The molecule has 6 heteroatoms. The second-order valence-electron chi connectivity index (χ2n) is 5.83. The van der Waals surface area contributed by atoms with E-state index in [4.69, 9.17) is 17.3 Å². The fraction of sp³-hybridized carbons (Fsp3) is 0.222. The number of amides is 3. The van der Waals surface area contributed by atoms with Gasteiger partial charge in [0.25, 0.3) is 5.91 Å². The normalized spacial score (nSPS) is 18.0. The summed E-state index contributed by atoms with van der Waals surface area (Å²) in [5.41, 5.74) is 7.98. The molecule has 1 aliphatic heterocycles. The van der Waals surface area contributed by atoms with Gasteiger partial charge in [-0.1, -0.05) is 41.9 Å². The van der Waals surface area contributed by atoms with Crippen molar-refractivity contribution in [3.05, 3.63) is 64.7 Å². The minimum atomic E-state index is -0.705. The van der Waals surface area contributed by atoms with E-state index in [2.05, 4.69) is 5.32 Å². The molecule has 0 spiro atoms. The van der Waals surface area contributed by atoms with Crippen LogP contribution >= 0.6 is 11.6 Å². The molecule has 0 radical (unpaired) electrons. The van der Waals surface area contributed by atoms with Crippen LogP contribution in [-0.4, -0.2) is 18.0 Å². The summed E-state index contributed by atoms with van der Waals surface area (Å²) in [6.07, 6.45) is 0.427. The van der Waals surface area contributed by atoms with E-state index in [1.54, 1.807) is 11.0 Å². The molecule has 0 unspecified atom stereocenters. The molecule has 3 amide bonds. The number of nitrogens with one attached hydrogen (secondary N) is 1. The Kier molecular flexibility index (Phi) is 4.44. The average Bonchev–Trinajstić information content (AvgIpc) is 2.55. The van der Waals surface area contributed by atoms with E-state index >= 15 is 0 Å². The number of carbonyl (C=O) groups excluding carboxylic acids is 2. The van der Waals surface area contributed by atoms with Crippen LogP contribution in [0.25, 0.3) is 0 Å². The molecule has 0 saturated heterocycles. The number of urea groups is 1. The molecule has 1 heterocycles. The van der Waals surface area contributed by atoms with Crippen molar-refractivity contribution in [1.29, 1.82) is 0 Å². The molecular weight excluding hydrogens is 326 g/mol. The number of anilines is 1. The van der Waals surface area contributed by atoms with E-state index in [0.29, 0.717) is 11.4 Å². The Labute approximate surface area is 145 Å². The summed E-state index contributed by atoms with van der Waals surface area (Å²) in [7, 11) is 0. The maximum absolute atomic E-state index is 12.9. The summed E-state index contributed by atoms with van der Waals surface area (Å²) in [5.74, 6) is -0.181. The third-order valence-electron chi connectivity index (χ3n) is 4.25. The number of nitrogens with two attached hydrogens (primary N) is 1. The lowest BCUT2D eigenvalue weighted by Crippen LogP contribution is -2.54. The van der Waals surface area contributed by atoms with Crippen LogP contribution in [0.2, 0.25) is 5.02 Å². The summed E-state index contributed by atoms with van der Waals surface area (Å²) >= 11 is 6.08. The molecule has 2 aromatic rings. The van der Waals surface area contributed by atoms with Crippen LogP contribution in [0.1, 0.15) is 24.1 Å². The summed E-state index contributed by atoms with van der Waals surface area (Å²) in [6.45, 7) is 1.94. The monoisotopic (exact) mass is 343 g/mol. The number of hydrogen-bond donors (Lipinski definition) is 2. The number of primary amides is 1. The molecule has 5 nitrogen and oxygen atoms in total. The van der Waals surface area contributed by atoms with Gasteiger partial charge in [-0.3, -0.25) is 4.79 Å². The average molecular weight is 344 g/mol. The Morgan fingerprint density at radius 3 is 2.75 bits per heavy atom. The van der Waals surface area contributed by atoms with Gasteiger partial charge < -0.3 is 16.0 Å². The van der Waals surface area contributed by atoms with Crippen molar-refractivity contribution in [2.45, 2.75) is 25.4 Å². The zero-order valence-electron chi connectivity index (χ0n) is 13.2. The minimum Gasteiger partial charge on any atom is -0.352 e. The van der Waals surface area contributed by atoms with Crippen LogP contribution in [0.3, 0.4) is 0 Å². The van der Waals surface area contributed by atoms with E-state index < -0.39 is 12.1 Å². The zero-order chi connectivity index (χ0) is 17.3. The van der Waals surface area contributed by atoms with Gasteiger partial charge in [0.2, 0.25) is 0 Å². The molecule has 3 N–H and O–H groups in total. The maximum Gasteiger partial charge on any atom is 0.312 e. The number of nitrogens with zero attached hydrogens (tertiary/aromatic N) is 1. The first-order chi connectivity index (χ1) is 11.5. The molecule has 1 aliphatic rings. The Balaban J connectivity index is 2.03. The van der Waals surface area contributed by atoms with Gasteiger partial charge in [0.15, 0.2) is 0 Å². The van der Waals surface area contributed by atoms with Crippen LogP contribution in [0.15, 0.2) is 48.5 Å². The van der Waals surface area contributed by atoms with E-state index in [0.717, 1.165) is 16.8 Å². The van der Waals surface area contributed by atoms with Gasteiger partial charge in [-0.05, 0) is 36.2 Å².